The summed E-state index contributed by atoms with van der Waals surface area (Å²) in [5.74, 6) is 1.69. The van der Waals surface area contributed by atoms with E-state index in [2.05, 4.69) is 33.7 Å². The molecule has 1 aliphatic heterocycles. The van der Waals surface area contributed by atoms with E-state index in [9.17, 15) is 4.79 Å². The van der Waals surface area contributed by atoms with Gasteiger partial charge in [0.25, 0.3) is 5.22 Å². The number of rotatable bonds is 5. The van der Waals surface area contributed by atoms with E-state index in [0.29, 0.717) is 22.6 Å². The highest BCUT2D eigenvalue weighted by Crippen LogP contribution is 2.36. The smallest absolute Gasteiger partial charge is 0.277 e. The van der Waals surface area contributed by atoms with E-state index in [4.69, 9.17) is 13.9 Å². The van der Waals surface area contributed by atoms with E-state index in [1.807, 2.05) is 25.1 Å². The molecule has 0 bridgehead atoms. The Balaban J connectivity index is 1.24. The molecular formula is C22H21N3O4S. The average molecular weight is 423 g/mol. The first kappa shape index (κ1) is 19.0. The van der Waals surface area contributed by atoms with Crippen LogP contribution in [0.1, 0.15) is 36.9 Å². The van der Waals surface area contributed by atoms with Gasteiger partial charge in [-0.1, -0.05) is 36.0 Å². The van der Waals surface area contributed by atoms with E-state index in [1.165, 1.54) is 22.9 Å². The highest BCUT2D eigenvalue weighted by Gasteiger charge is 2.25. The van der Waals surface area contributed by atoms with Gasteiger partial charge < -0.3 is 19.2 Å². The minimum atomic E-state index is -0.357. The van der Waals surface area contributed by atoms with Gasteiger partial charge in [0.15, 0.2) is 11.5 Å². The Kier molecular flexibility index (Phi) is 5.08. The molecule has 1 N–H and O–H groups in total. The maximum atomic E-state index is 12.8. The third-order valence-corrected chi connectivity index (χ3v) is 6.29. The van der Waals surface area contributed by atoms with Gasteiger partial charge in [-0.05, 0) is 55.5 Å². The zero-order chi connectivity index (χ0) is 20.5. The largest absolute Gasteiger partial charge is 0.454 e. The van der Waals surface area contributed by atoms with Gasteiger partial charge in [-0.25, -0.2) is 0 Å². The van der Waals surface area contributed by atoms with Crippen LogP contribution in [0.5, 0.6) is 11.5 Å². The number of benzene rings is 2. The summed E-state index contributed by atoms with van der Waals surface area (Å²) in [6.45, 7) is 2.06. The first-order chi connectivity index (χ1) is 14.7. The van der Waals surface area contributed by atoms with Crippen LogP contribution in [0, 0.1) is 0 Å². The third-order valence-electron chi connectivity index (χ3n) is 5.36. The van der Waals surface area contributed by atoms with Crippen LogP contribution in [0.4, 0.5) is 0 Å². The Morgan fingerprint density at radius 2 is 2.03 bits per heavy atom. The maximum absolute atomic E-state index is 12.8. The van der Waals surface area contributed by atoms with Gasteiger partial charge in [-0.15, -0.1) is 10.2 Å². The molecule has 0 saturated carbocycles. The summed E-state index contributed by atoms with van der Waals surface area (Å²) >= 11 is 1.25. The Bertz CT molecular complexity index is 1080. The molecule has 2 aliphatic rings. The van der Waals surface area contributed by atoms with Crippen molar-refractivity contribution in [3.05, 3.63) is 53.6 Å². The standard InChI is InChI=1S/C22H21N3O4S/c1-13(20(26)23-17-8-4-6-14-5-2-3-7-16(14)17)30-22-25-24-21(29-22)15-9-10-18-19(11-15)28-12-27-18/h2-3,5,7,9-11,13,17H,4,6,8,12H2,1H3,(H,23,26)/t13-,17-/m1/s1. The van der Waals surface area contributed by atoms with Crippen molar-refractivity contribution in [1.29, 1.82) is 0 Å². The molecule has 2 atom stereocenters. The number of amides is 1. The van der Waals surface area contributed by atoms with E-state index in [0.717, 1.165) is 24.8 Å². The Morgan fingerprint density at radius 1 is 1.17 bits per heavy atom. The van der Waals surface area contributed by atoms with E-state index < -0.39 is 0 Å². The van der Waals surface area contributed by atoms with Gasteiger partial charge in [0.1, 0.15) is 0 Å². The fourth-order valence-corrected chi connectivity index (χ4v) is 4.49. The van der Waals surface area contributed by atoms with Gasteiger partial charge in [0, 0.05) is 5.56 Å². The number of nitrogens with one attached hydrogen (secondary N) is 1. The van der Waals surface area contributed by atoms with E-state index in [1.54, 1.807) is 6.07 Å². The number of aromatic nitrogens is 2. The van der Waals surface area contributed by atoms with Crippen LogP contribution in [0.3, 0.4) is 0 Å². The molecule has 3 aromatic rings. The monoisotopic (exact) mass is 423 g/mol. The topological polar surface area (TPSA) is 86.5 Å². The average Bonchev–Trinajstić information content (AvgIpc) is 3.42. The van der Waals surface area contributed by atoms with Crippen molar-refractivity contribution < 1.29 is 18.7 Å². The predicted molar refractivity (Wildman–Crippen MR) is 111 cm³/mol. The highest BCUT2D eigenvalue weighted by atomic mass is 32.2. The summed E-state index contributed by atoms with van der Waals surface area (Å²) in [5, 5.41) is 11.4. The fraction of sp³-hybridized carbons (Fsp3) is 0.318. The minimum Gasteiger partial charge on any atom is -0.454 e. The number of hydrogen-bond acceptors (Lipinski definition) is 7. The second-order valence-electron chi connectivity index (χ2n) is 7.35. The predicted octanol–water partition coefficient (Wildman–Crippen LogP) is 4.14. The number of aryl methyl sites for hydroxylation is 1. The molecule has 0 unspecified atom stereocenters. The van der Waals surface area contributed by atoms with Gasteiger partial charge in [-0.3, -0.25) is 4.79 Å². The lowest BCUT2D eigenvalue weighted by molar-refractivity contribution is -0.121. The van der Waals surface area contributed by atoms with Crippen LogP contribution in [-0.4, -0.2) is 28.1 Å². The lowest BCUT2D eigenvalue weighted by Gasteiger charge is -2.27. The Labute approximate surface area is 178 Å². The lowest BCUT2D eigenvalue weighted by atomic mass is 9.88. The number of fused-ring (bicyclic) bond motifs is 2. The molecule has 1 amide bonds. The maximum Gasteiger partial charge on any atom is 0.277 e. The number of thioether (sulfide) groups is 1. The number of carbonyl (C=O) groups excluding carboxylic acids is 1. The summed E-state index contributed by atoms with van der Waals surface area (Å²) in [6.07, 6.45) is 3.10. The molecule has 0 fully saturated rings. The number of carbonyl (C=O) groups is 1. The van der Waals surface area contributed by atoms with Crippen molar-refractivity contribution in [3.63, 3.8) is 0 Å². The molecule has 8 heteroatoms. The Morgan fingerprint density at radius 3 is 2.97 bits per heavy atom. The molecule has 1 aliphatic carbocycles. The number of ether oxygens (including phenoxy) is 2. The molecule has 7 nitrogen and oxygen atoms in total. The molecule has 5 rings (SSSR count). The van der Waals surface area contributed by atoms with Crippen molar-refractivity contribution in [2.45, 2.75) is 42.7 Å². The molecule has 2 aromatic carbocycles. The minimum absolute atomic E-state index is 0.0375. The first-order valence-corrected chi connectivity index (χ1v) is 10.8. The van der Waals surface area contributed by atoms with Crippen LogP contribution in [0.2, 0.25) is 0 Å². The fourth-order valence-electron chi connectivity index (χ4n) is 3.80. The highest BCUT2D eigenvalue weighted by molar-refractivity contribution is 8.00. The summed E-state index contributed by atoms with van der Waals surface area (Å²) in [6, 6.07) is 13.8. The zero-order valence-electron chi connectivity index (χ0n) is 16.5. The van der Waals surface area contributed by atoms with Crippen LogP contribution >= 0.6 is 11.8 Å². The summed E-state index contributed by atoms with van der Waals surface area (Å²) < 4.78 is 16.5. The molecule has 0 spiro atoms. The Hall–Kier alpha value is -3.00. The summed E-state index contributed by atoms with van der Waals surface area (Å²) in [7, 11) is 0. The lowest BCUT2D eigenvalue weighted by Crippen LogP contribution is -2.35. The number of hydrogen-bond donors (Lipinski definition) is 1. The molecule has 154 valence electrons. The molecule has 2 heterocycles. The SMILES string of the molecule is C[C@@H](Sc1nnc(-c2ccc3c(c2)OCO3)o1)C(=O)N[C@@H]1CCCc2ccccc21. The van der Waals surface area contributed by atoms with Gasteiger partial charge in [0.05, 0.1) is 11.3 Å². The summed E-state index contributed by atoms with van der Waals surface area (Å²) in [5.41, 5.74) is 3.28. The molecule has 0 radical (unpaired) electrons. The van der Waals surface area contributed by atoms with E-state index >= 15 is 0 Å². The van der Waals surface area contributed by atoms with Gasteiger partial charge in [-0.2, -0.15) is 0 Å². The van der Waals surface area contributed by atoms with Crippen LogP contribution in [-0.2, 0) is 11.2 Å². The van der Waals surface area contributed by atoms with Crippen molar-refractivity contribution in [2.24, 2.45) is 0 Å². The summed E-state index contributed by atoms with van der Waals surface area (Å²) in [4.78, 5) is 12.8. The third kappa shape index (κ3) is 3.75. The second kappa shape index (κ2) is 8.02. The van der Waals surface area contributed by atoms with E-state index in [-0.39, 0.29) is 24.0 Å². The molecule has 1 aromatic heterocycles. The zero-order valence-corrected chi connectivity index (χ0v) is 17.3. The van der Waals surface area contributed by atoms with Crippen molar-refractivity contribution in [3.8, 4) is 23.0 Å². The quantitative estimate of drug-likeness (QED) is 0.617. The van der Waals surface area contributed by atoms with Crippen LogP contribution in [0.15, 0.2) is 52.1 Å². The van der Waals surface area contributed by atoms with Gasteiger partial charge >= 0.3 is 0 Å². The van der Waals surface area contributed by atoms with Crippen LogP contribution in [0.25, 0.3) is 11.5 Å². The molecular weight excluding hydrogens is 402 g/mol. The number of nitrogens with zero attached hydrogens (tertiary/aromatic N) is 2. The second-order valence-corrected chi connectivity index (χ2v) is 8.65. The normalized spacial score (nSPS) is 18.0. The molecule has 0 saturated heterocycles. The van der Waals surface area contributed by atoms with Gasteiger partial charge in [0.2, 0.25) is 18.6 Å². The molecule has 30 heavy (non-hydrogen) atoms. The van der Waals surface area contributed by atoms with Crippen molar-refractivity contribution in [1.82, 2.24) is 15.5 Å². The van der Waals surface area contributed by atoms with Crippen molar-refractivity contribution >= 4 is 17.7 Å². The van der Waals surface area contributed by atoms with Crippen molar-refractivity contribution in [2.75, 3.05) is 6.79 Å². The van der Waals surface area contributed by atoms with Crippen LogP contribution < -0.4 is 14.8 Å². The first-order valence-electron chi connectivity index (χ1n) is 9.96.